The molecule has 0 atom stereocenters. The zero-order valence-electron chi connectivity index (χ0n) is 11.4. The van der Waals surface area contributed by atoms with Gasteiger partial charge in [-0.05, 0) is 46.0 Å². The average Bonchev–Trinajstić information content (AvgIpc) is 2.35. The Morgan fingerprint density at radius 3 is 2.70 bits per heavy atom. The summed E-state index contributed by atoms with van der Waals surface area (Å²) in [7, 11) is 0. The number of hydrogen-bond donors (Lipinski definition) is 1. The van der Waals surface area contributed by atoms with E-state index in [4.69, 9.17) is 0 Å². The highest BCUT2D eigenvalue weighted by atomic mass is 79.9. The van der Waals surface area contributed by atoms with Crippen molar-refractivity contribution in [2.75, 3.05) is 0 Å². The minimum Gasteiger partial charge on any atom is -0.309 e. The van der Waals surface area contributed by atoms with Crippen LogP contribution in [0.5, 0.6) is 0 Å². The summed E-state index contributed by atoms with van der Waals surface area (Å²) >= 11 is 6.78. The van der Waals surface area contributed by atoms with Crippen LogP contribution < -0.4 is 5.56 Å². The first kappa shape index (κ1) is 15.4. The molecule has 2 aromatic rings. The second kappa shape index (κ2) is 6.68. The number of hydrogen-bond acceptors (Lipinski definition) is 2. The van der Waals surface area contributed by atoms with Gasteiger partial charge in [0.05, 0.1) is 5.69 Å². The lowest BCUT2D eigenvalue weighted by Gasteiger charge is -2.09. The SMILES string of the molecule is CC(C)Cc1nc(Cc2cccc(Br)c2)[nH]c(=O)c1Br. The van der Waals surface area contributed by atoms with Crippen molar-refractivity contribution >= 4 is 31.9 Å². The lowest BCUT2D eigenvalue weighted by atomic mass is 10.1. The number of H-pyrrole nitrogens is 1. The fourth-order valence-electron chi connectivity index (χ4n) is 2.00. The molecule has 1 heterocycles. The zero-order valence-corrected chi connectivity index (χ0v) is 14.6. The Balaban J connectivity index is 2.33. The number of nitrogens with zero attached hydrogens (tertiary/aromatic N) is 1. The Kier molecular flexibility index (Phi) is 5.16. The van der Waals surface area contributed by atoms with Crippen molar-refractivity contribution in [2.45, 2.75) is 26.7 Å². The summed E-state index contributed by atoms with van der Waals surface area (Å²) in [4.78, 5) is 19.4. The third kappa shape index (κ3) is 4.03. The van der Waals surface area contributed by atoms with Gasteiger partial charge < -0.3 is 4.98 Å². The summed E-state index contributed by atoms with van der Waals surface area (Å²) in [5, 5.41) is 0. The molecule has 0 aliphatic heterocycles. The van der Waals surface area contributed by atoms with Crippen LogP contribution in [0.25, 0.3) is 0 Å². The van der Waals surface area contributed by atoms with E-state index >= 15 is 0 Å². The first-order valence-electron chi connectivity index (χ1n) is 6.47. The predicted octanol–water partition coefficient (Wildman–Crippen LogP) is 4.08. The average molecular weight is 400 g/mol. The van der Waals surface area contributed by atoms with Crippen LogP contribution in [0.2, 0.25) is 0 Å². The molecule has 1 aromatic carbocycles. The standard InChI is InChI=1S/C15H16Br2N2O/c1-9(2)6-12-14(17)15(20)19-13(18-12)8-10-4-3-5-11(16)7-10/h3-5,7,9H,6,8H2,1-2H3,(H,18,19,20). The molecule has 0 saturated carbocycles. The molecule has 0 radical (unpaired) electrons. The second-order valence-electron chi connectivity index (χ2n) is 5.18. The lowest BCUT2D eigenvalue weighted by molar-refractivity contribution is 0.627. The summed E-state index contributed by atoms with van der Waals surface area (Å²) < 4.78 is 1.57. The lowest BCUT2D eigenvalue weighted by Crippen LogP contribution is -2.17. The van der Waals surface area contributed by atoms with Crippen molar-refractivity contribution in [3.63, 3.8) is 0 Å². The third-order valence-electron chi connectivity index (χ3n) is 2.84. The van der Waals surface area contributed by atoms with Gasteiger partial charge in [0.25, 0.3) is 5.56 Å². The van der Waals surface area contributed by atoms with Gasteiger partial charge in [0.15, 0.2) is 0 Å². The number of halogens is 2. The van der Waals surface area contributed by atoms with Crippen LogP contribution in [0.4, 0.5) is 0 Å². The first-order chi connectivity index (χ1) is 9.45. The van der Waals surface area contributed by atoms with E-state index in [2.05, 4.69) is 55.7 Å². The highest BCUT2D eigenvalue weighted by Crippen LogP contribution is 2.16. The van der Waals surface area contributed by atoms with Crippen molar-refractivity contribution in [1.29, 1.82) is 0 Å². The maximum atomic E-state index is 11.9. The van der Waals surface area contributed by atoms with Crippen molar-refractivity contribution < 1.29 is 0 Å². The fraction of sp³-hybridized carbons (Fsp3) is 0.333. The van der Waals surface area contributed by atoms with Gasteiger partial charge in [-0.3, -0.25) is 4.79 Å². The van der Waals surface area contributed by atoms with Crippen LogP contribution in [0.3, 0.4) is 0 Å². The van der Waals surface area contributed by atoms with E-state index in [-0.39, 0.29) is 5.56 Å². The molecular weight excluding hydrogens is 384 g/mol. The van der Waals surface area contributed by atoms with E-state index in [0.29, 0.717) is 22.6 Å². The Labute approximate surface area is 135 Å². The van der Waals surface area contributed by atoms with Crippen LogP contribution in [-0.4, -0.2) is 9.97 Å². The van der Waals surface area contributed by atoms with E-state index in [1.165, 1.54) is 0 Å². The Morgan fingerprint density at radius 2 is 2.05 bits per heavy atom. The summed E-state index contributed by atoms with van der Waals surface area (Å²) in [6.07, 6.45) is 1.41. The summed E-state index contributed by atoms with van der Waals surface area (Å²) in [6, 6.07) is 8.01. The molecule has 20 heavy (non-hydrogen) atoms. The Bertz CT molecular complexity index is 665. The van der Waals surface area contributed by atoms with Crippen LogP contribution in [-0.2, 0) is 12.8 Å². The largest absolute Gasteiger partial charge is 0.309 e. The Hall–Kier alpha value is -0.940. The van der Waals surface area contributed by atoms with Crippen molar-refractivity contribution in [3.05, 3.63) is 60.6 Å². The van der Waals surface area contributed by atoms with Crippen LogP contribution in [0.15, 0.2) is 38.0 Å². The van der Waals surface area contributed by atoms with Gasteiger partial charge >= 0.3 is 0 Å². The molecule has 3 nitrogen and oxygen atoms in total. The molecule has 0 unspecified atom stereocenters. The van der Waals surface area contributed by atoms with Crippen molar-refractivity contribution in [3.8, 4) is 0 Å². The van der Waals surface area contributed by atoms with Gasteiger partial charge in [-0.1, -0.05) is 41.9 Å². The number of rotatable bonds is 4. The number of aromatic nitrogens is 2. The third-order valence-corrected chi connectivity index (χ3v) is 4.15. The second-order valence-corrected chi connectivity index (χ2v) is 6.89. The maximum absolute atomic E-state index is 11.9. The highest BCUT2D eigenvalue weighted by molar-refractivity contribution is 9.10. The van der Waals surface area contributed by atoms with Gasteiger partial charge in [-0.25, -0.2) is 4.98 Å². The summed E-state index contributed by atoms with van der Waals surface area (Å²) in [6.45, 7) is 4.23. The molecule has 0 bridgehead atoms. The molecule has 2 rings (SSSR count). The van der Waals surface area contributed by atoms with Crippen molar-refractivity contribution in [1.82, 2.24) is 9.97 Å². The first-order valence-corrected chi connectivity index (χ1v) is 8.06. The maximum Gasteiger partial charge on any atom is 0.265 e. The van der Waals surface area contributed by atoms with Gasteiger partial charge in [-0.2, -0.15) is 0 Å². The fourth-order valence-corrected chi connectivity index (χ4v) is 2.80. The minimum absolute atomic E-state index is 0.111. The number of nitrogens with one attached hydrogen (secondary N) is 1. The van der Waals surface area contributed by atoms with Gasteiger partial charge in [0.1, 0.15) is 10.3 Å². The molecule has 0 aliphatic rings. The van der Waals surface area contributed by atoms with Crippen LogP contribution in [0.1, 0.15) is 30.9 Å². The molecule has 0 amide bonds. The molecule has 0 spiro atoms. The van der Waals surface area contributed by atoms with Crippen molar-refractivity contribution in [2.24, 2.45) is 5.92 Å². The molecule has 5 heteroatoms. The van der Waals surface area contributed by atoms with Gasteiger partial charge in [0.2, 0.25) is 0 Å². The molecule has 0 saturated heterocycles. The quantitative estimate of drug-likeness (QED) is 0.841. The van der Waals surface area contributed by atoms with E-state index in [1.807, 2.05) is 24.3 Å². The molecular formula is C15H16Br2N2O. The van der Waals surface area contributed by atoms with E-state index in [9.17, 15) is 4.79 Å². The molecule has 0 aliphatic carbocycles. The smallest absolute Gasteiger partial charge is 0.265 e. The predicted molar refractivity (Wildman–Crippen MR) is 88.0 cm³/mol. The zero-order chi connectivity index (χ0) is 14.7. The van der Waals surface area contributed by atoms with Crippen LogP contribution in [0, 0.1) is 5.92 Å². The van der Waals surface area contributed by atoms with Gasteiger partial charge in [-0.15, -0.1) is 0 Å². The van der Waals surface area contributed by atoms with E-state index in [1.54, 1.807) is 0 Å². The molecule has 106 valence electrons. The van der Waals surface area contributed by atoms with Crippen LogP contribution >= 0.6 is 31.9 Å². The number of aromatic amines is 1. The summed E-state index contributed by atoms with van der Waals surface area (Å²) in [5.74, 6) is 1.16. The van der Waals surface area contributed by atoms with E-state index in [0.717, 1.165) is 22.2 Å². The monoisotopic (exact) mass is 398 g/mol. The number of benzene rings is 1. The molecule has 1 aromatic heterocycles. The minimum atomic E-state index is -0.111. The molecule has 1 N–H and O–H groups in total. The highest BCUT2D eigenvalue weighted by Gasteiger charge is 2.11. The Morgan fingerprint density at radius 1 is 1.30 bits per heavy atom. The summed E-state index contributed by atoms with van der Waals surface area (Å²) in [5.41, 5.74) is 1.83. The topological polar surface area (TPSA) is 45.8 Å². The molecule has 0 fully saturated rings. The normalized spacial score (nSPS) is 11.1. The van der Waals surface area contributed by atoms with Gasteiger partial charge in [0, 0.05) is 10.9 Å². The van der Waals surface area contributed by atoms with E-state index < -0.39 is 0 Å².